The van der Waals surface area contributed by atoms with Crippen LogP contribution >= 0.6 is 0 Å². The summed E-state index contributed by atoms with van der Waals surface area (Å²) in [4.78, 5) is 0. The summed E-state index contributed by atoms with van der Waals surface area (Å²) in [5.74, 6) is -0.824. The van der Waals surface area contributed by atoms with Crippen molar-refractivity contribution in [3.8, 4) is 5.75 Å². The molecule has 0 aliphatic rings. The Morgan fingerprint density at radius 3 is 2.50 bits per heavy atom. The second-order valence-corrected chi connectivity index (χ2v) is 4.37. The van der Waals surface area contributed by atoms with Gasteiger partial charge in [0.2, 0.25) is 0 Å². The van der Waals surface area contributed by atoms with Crippen molar-refractivity contribution >= 4 is 0 Å². The molecule has 1 aromatic carbocycles. The second-order valence-electron chi connectivity index (χ2n) is 4.37. The van der Waals surface area contributed by atoms with E-state index >= 15 is 0 Å². The van der Waals surface area contributed by atoms with Crippen molar-refractivity contribution in [2.45, 2.75) is 32.7 Å². The lowest BCUT2D eigenvalue weighted by Crippen LogP contribution is -2.34. The number of phenolic OH excluding ortho intramolecular Hbond substituents is 1. The van der Waals surface area contributed by atoms with Gasteiger partial charge in [0, 0.05) is 5.54 Å². The molecule has 0 bridgehead atoms. The predicted molar refractivity (Wildman–Crippen MR) is 54.8 cm³/mol. The van der Waals surface area contributed by atoms with Crippen LogP contribution in [0, 0.1) is 12.7 Å². The van der Waals surface area contributed by atoms with E-state index in [9.17, 15) is 9.50 Å². The Labute approximate surface area is 83.6 Å². The lowest BCUT2D eigenvalue weighted by atomic mass is 9.95. The average Bonchev–Trinajstić information content (AvgIpc) is 2.04. The van der Waals surface area contributed by atoms with Crippen molar-refractivity contribution < 1.29 is 9.50 Å². The van der Waals surface area contributed by atoms with E-state index in [1.54, 1.807) is 19.1 Å². The Kier molecular flexibility index (Phi) is 2.81. The van der Waals surface area contributed by atoms with Gasteiger partial charge in [0.25, 0.3) is 0 Å². The van der Waals surface area contributed by atoms with E-state index in [1.165, 1.54) is 0 Å². The molecule has 0 aliphatic carbocycles. The fourth-order valence-corrected chi connectivity index (χ4v) is 1.34. The molecule has 3 heteroatoms. The summed E-state index contributed by atoms with van der Waals surface area (Å²) in [6.45, 7) is 5.29. The van der Waals surface area contributed by atoms with E-state index in [0.29, 0.717) is 17.5 Å². The smallest absolute Gasteiger partial charge is 0.167 e. The monoisotopic (exact) mass is 197 g/mol. The highest BCUT2D eigenvalue weighted by atomic mass is 19.1. The molecule has 0 aromatic heterocycles. The molecule has 14 heavy (non-hydrogen) atoms. The third-order valence-corrected chi connectivity index (χ3v) is 2.04. The molecule has 1 rings (SSSR count). The number of benzene rings is 1. The van der Waals surface area contributed by atoms with Gasteiger partial charge in [0.1, 0.15) is 0 Å². The summed E-state index contributed by atoms with van der Waals surface area (Å²) in [5, 5.41) is 9.51. The normalized spacial score (nSPS) is 11.8. The van der Waals surface area contributed by atoms with Gasteiger partial charge >= 0.3 is 0 Å². The maximum atomic E-state index is 13.3. The fourth-order valence-electron chi connectivity index (χ4n) is 1.34. The van der Waals surface area contributed by atoms with Crippen LogP contribution < -0.4 is 5.73 Å². The summed E-state index contributed by atoms with van der Waals surface area (Å²) < 4.78 is 13.3. The van der Waals surface area contributed by atoms with Gasteiger partial charge < -0.3 is 10.8 Å². The number of hydrogen-bond donors (Lipinski definition) is 2. The molecule has 0 heterocycles. The Bertz CT molecular complexity index is 342. The van der Waals surface area contributed by atoms with Gasteiger partial charge in [-0.05, 0) is 38.3 Å². The Morgan fingerprint density at radius 2 is 2.00 bits per heavy atom. The van der Waals surface area contributed by atoms with Crippen molar-refractivity contribution in [3.63, 3.8) is 0 Å². The average molecular weight is 197 g/mol. The van der Waals surface area contributed by atoms with E-state index in [-0.39, 0.29) is 5.75 Å². The van der Waals surface area contributed by atoms with E-state index in [0.717, 1.165) is 0 Å². The SMILES string of the molecule is Cc1ccc(CC(C)(C)N)c(O)c1F. The first-order valence-electron chi connectivity index (χ1n) is 4.57. The predicted octanol–water partition coefficient (Wildman–Crippen LogP) is 2.12. The van der Waals surface area contributed by atoms with Crippen LogP contribution in [0.2, 0.25) is 0 Å². The Morgan fingerprint density at radius 1 is 1.43 bits per heavy atom. The third-order valence-electron chi connectivity index (χ3n) is 2.04. The number of aromatic hydroxyl groups is 1. The highest BCUT2D eigenvalue weighted by molar-refractivity contribution is 5.38. The van der Waals surface area contributed by atoms with Crippen LogP contribution in [-0.2, 0) is 6.42 Å². The van der Waals surface area contributed by atoms with Gasteiger partial charge in [-0.1, -0.05) is 12.1 Å². The molecule has 0 atom stereocenters. The topological polar surface area (TPSA) is 46.2 Å². The maximum absolute atomic E-state index is 13.3. The van der Waals surface area contributed by atoms with Gasteiger partial charge in [0.05, 0.1) is 0 Å². The lowest BCUT2D eigenvalue weighted by Gasteiger charge is -2.19. The van der Waals surface area contributed by atoms with E-state index in [4.69, 9.17) is 5.73 Å². The molecule has 1 aromatic rings. The highest BCUT2D eigenvalue weighted by Crippen LogP contribution is 2.26. The van der Waals surface area contributed by atoms with Crippen LogP contribution in [0.5, 0.6) is 5.75 Å². The molecule has 0 fully saturated rings. The molecule has 0 amide bonds. The minimum Gasteiger partial charge on any atom is -0.505 e. The minimum atomic E-state index is -0.549. The molecular formula is C11H16FNO. The molecule has 78 valence electrons. The standard InChI is InChI=1S/C11H16FNO/c1-7-4-5-8(6-11(2,3)13)10(14)9(7)12/h4-5,14H,6,13H2,1-3H3. The van der Waals surface area contributed by atoms with Crippen molar-refractivity contribution in [2.75, 3.05) is 0 Å². The summed E-state index contributed by atoms with van der Waals surface area (Å²) in [7, 11) is 0. The number of halogens is 1. The molecule has 0 spiro atoms. The summed E-state index contributed by atoms with van der Waals surface area (Å²) in [6, 6.07) is 3.36. The molecule has 3 N–H and O–H groups in total. The third kappa shape index (κ3) is 2.45. The molecule has 0 aliphatic heterocycles. The van der Waals surface area contributed by atoms with Crippen molar-refractivity contribution in [1.82, 2.24) is 0 Å². The quantitative estimate of drug-likeness (QED) is 0.762. The molecule has 0 radical (unpaired) electrons. The van der Waals surface area contributed by atoms with E-state index in [2.05, 4.69) is 0 Å². The zero-order valence-corrected chi connectivity index (χ0v) is 8.76. The number of rotatable bonds is 2. The first-order chi connectivity index (χ1) is 6.31. The van der Waals surface area contributed by atoms with Crippen LogP contribution in [0.4, 0.5) is 4.39 Å². The molecule has 2 nitrogen and oxygen atoms in total. The van der Waals surface area contributed by atoms with E-state index < -0.39 is 11.4 Å². The minimum absolute atomic E-state index is 0.275. The molecule has 0 unspecified atom stereocenters. The summed E-state index contributed by atoms with van der Waals surface area (Å²) in [6.07, 6.45) is 0.454. The zero-order chi connectivity index (χ0) is 10.9. The molecular weight excluding hydrogens is 181 g/mol. The number of nitrogens with two attached hydrogens (primary N) is 1. The van der Waals surface area contributed by atoms with Gasteiger partial charge in [-0.25, -0.2) is 4.39 Å². The van der Waals surface area contributed by atoms with Crippen LogP contribution in [0.15, 0.2) is 12.1 Å². The van der Waals surface area contributed by atoms with Gasteiger partial charge in [-0.3, -0.25) is 0 Å². The first kappa shape index (κ1) is 11.0. The number of phenols is 1. The van der Waals surface area contributed by atoms with Crippen LogP contribution in [0.3, 0.4) is 0 Å². The summed E-state index contributed by atoms with van der Waals surface area (Å²) in [5.41, 5.74) is 6.35. The van der Waals surface area contributed by atoms with Crippen molar-refractivity contribution in [2.24, 2.45) is 5.73 Å². The maximum Gasteiger partial charge on any atom is 0.167 e. The zero-order valence-electron chi connectivity index (χ0n) is 8.76. The van der Waals surface area contributed by atoms with Gasteiger partial charge in [0.15, 0.2) is 11.6 Å². The number of hydrogen-bond acceptors (Lipinski definition) is 2. The Balaban J connectivity index is 3.06. The Hall–Kier alpha value is -1.09. The van der Waals surface area contributed by atoms with E-state index in [1.807, 2.05) is 13.8 Å². The number of aryl methyl sites for hydroxylation is 1. The van der Waals surface area contributed by atoms with Crippen LogP contribution in [0.25, 0.3) is 0 Å². The fraction of sp³-hybridized carbons (Fsp3) is 0.455. The molecule has 0 saturated carbocycles. The first-order valence-corrected chi connectivity index (χ1v) is 4.57. The van der Waals surface area contributed by atoms with Crippen molar-refractivity contribution in [3.05, 3.63) is 29.1 Å². The van der Waals surface area contributed by atoms with Crippen LogP contribution in [0.1, 0.15) is 25.0 Å². The summed E-state index contributed by atoms with van der Waals surface area (Å²) >= 11 is 0. The second kappa shape index (κ2) is 3.58. The highest BCUT2D eigenvalue weighted by Gasteiger charge is 2.17. The van der Waals surface area contributed by atoms with Gasteiger partial charge in [-0.2, -0.15) is 0 Å². The van der Waals surface area contributed by atoms with Crippen LogP contribution in [-0.4, -0.2) is 10.6 Å². The van der Waals surface area contributed by atoms with Gasteiger partial charge in [-0.15, -0.1) is 0 Å². The van der Waals surface area contributed by atoms with Crippen molar-refractivity contribution in [1.29, 1.82) is 0 Å². The largest absolute Gasteiger partial charge is 0.505 e. The lowest BCUT2D eigenvalue weighted by molar-refractivity contribution is 0.413. The molecule has 0 saturated heterocycles.